The van der Waals surface area contributed by atoms with Gasteiger partial charge < -0.3 is 9.47 Å². The number of hydrogen-bond donors (Lipinski definition) is 0. The molecule has 6 heteroatoms. The molecule has 0 aromatic carbocycles. The highest BCUT2D eigenvalue weighted by Gasteiger charge is 2.30. The van der Waals surface area contributed by atoms with E-state index in [0.29, 0.717) is 11.1 Å². The largest absolute Gasteiger partial charge is 0.389 e. The summed E-state index contributed by atoms with van der Waals surface area (Å²) in [6, 6.07) is 0. The maximum Gasteiger partial charge on any atom is 0.346 e. The molecule has 0 unspecified atom stereocenters. The summed E-state index contributed by atoms with van der Waals surface area (Å²) in [4.78, 5) is 45.6. The van der Waals surface area contributed by atoms with Crippen molar-refractivity contribution in [3.8, 4) is 0 Å². The molecular weight excluding hydrogens is 288 g/mol. The number of rotatable bonds is 4. The monoisotopic (exact) mass is 300 g/mol. The molecule has 112 valence electrons. The van der Waals surface area contributed by atoms with E-state index < -0.39 is 23.9 Å². The molecule has 2 aliphatic rings. The SMILES string of the molecule is C=CC(=C)C(=C\C1=C(C)C(=O)OC1=O)/C=C1\CC(=O)OC1=O. The molecule has 1 saturated heterocycles. The normalized spacial score (nSPS) is 20.6. The predicted molar refractivity (Wildman–Crippen MR) is 75.0 cm³/mol. The molecular formula is C16H12O6. The van der Waals surface area contributed by atoms with Gasteiger partial charge in [-0.25, -0.2) is 14.4 Å². The van der Waals surface area contributed by atoms with Crippen LogP contribution in [0, 0.1) is 0 Å². The van der Waals surface area contributed by atoms with E-state index in [9.17, 15) is 19.2 Å². The molecule has 2 aliphatic heterocycles. The van der Waals surface area contributed by atoms with Gasteiger partial charge in [0.05, 0.1) is 12.0 Å². The first-order chi connectivity index (χ1) is 10.3. The lowest BCUT2D eigenvalue weighted by Crippen LogP contribution is -2.01. The van der Waals surface area contributed by atoms with Gasteiger partial charge in [-0.05, 0) is 30.2 Å². The van der Waals surface area contributed by atoms with Gasteiger partial charge in [-0.1, -0.05) is 19.2 Å². The number of ether oxygens (including phenoxy) is 2. The molecule has 0 aromatic heterocycles. The molecule has 0 bridgehead atoms. The van der Waals surface area contributed by atoms with Gasteiger partial charge in [-0.2, -0.15) is 0 Å². The molecule has 2 rings (SSSR count). The van der Waals surface area contributed by atoms with Crippen LogP contribution in [-0.2, 0) is 28.7 Å². The first-order valence-electron chi connectivity index (χ1n) is 6.30. The fraction of sp³-hybridized carbons (Fsp3) is 0.125. The average molecular weight is 300 g/mol. The van der Waals surface area contributed by atoms with E-state index in [-0.39, 0.29) is 23.1 Å². The Bertz CT molecular complexity index is 730. The van der Waals surface area contributed by atoms with Gasteiger partial charge in [0.15, 0.2) is 0 Å². The summed E-state index contributed by atoms with van der Waals surface area (Å²) in [5, 5.41) is 0. The minimum Gasteiger partial charge on any atom is -0.389 e. The van der Waals surface area contributed by atoms with Crippen LogP contribution in [-0.4, -0.2) is 23.9 Å². The van der Waals surface area contributed by atoms with Crippen molar-refractivity contribution >= 4 is 23.9 Å². The van der Waals surface area contributed by atoms with Crippen molar-refractivity contribution in [2.75, 3.05) is 0 Å². The first-order valence-corrected chi connectivity index (χ1v) is 6.30. The van der Waals surface area contributed by atoms with Crippen LogP contribution < -0.4 is 0 Å². The average Bonchev–Trinajstić information content (AvgIpc) is 2.90. The Balaban J connectivity index is 2.48. The number of hydrogen-bond acceptors (Lipinski definition) is 6. The molecule has 2 heterocycles. The lowest BCUT2D eigenvalue weighted by Gasteiger charge is -2.03. The van der Waals surface area contributed by atoms with E-state index in [1.54, 1.807) is 0 Å². The second kappa shape index (κ2) is 5.77. The Labute approximate surface area is 126 Å². The fourth-order valence-corrected chi connectivity index (χ4v) is 1.88. The third-order valence-corrected chi connectivity index (χ3v) is 3.17. The van der Waals surface area contributed by atoms with Crippen LogP contribution in [0.4, 0.5) is 0 Å². The minimum absolute atomic E-state index is 0.0672. The molecule has 0 radical (unpaired) electrons. The second-order valence-corrected chi connectivity index (χ2v) is 4.65. The smallest absolute Gasteiger partial charge is 0.346 e. The van der Waals surface area contributed by atoms with Crippen molar-refractivity contribution in [1.29, 1.82) is 0 Å². The summed E-state index contributed by atoms with van der Waals surface area (Å²) in [6.45, 7) is 8.76. The predicted octanol–water partition coefficient (Wildman–Crippen LogP) is 1.45. The summed E-state index contributed by atoms with van der Waals surface area (Å²) >= 11 is 0. The zero-order valence-corrected chi connectivity index (χ0v) is 11.8. The zero-order chi connectivity index (χ0) is 16.4. The molecule has 22 heavy (non-hydrogen) atoms. The molecule has 0 amide bonds. The van der Waals surface area contributed by atoms with Gasteiger partial charge in [-0.3, -0.25) is 4.79 Å². The molecule has 0 saturated carbocycles. The Hall–Kier alpha value is -3.02. The second-order valence-electron chi connectivity index (χ2n) is 4.65. The van der Waals surface area contributed by atoms with Crippen molar-refractivity contribution in [2.45, 2.75) is 13.3 Å². The summed E-state index contributed by atoms with van der Waals surface area (Å²) in [5.74, 6) is -2.89. The van der Waals surface area contributed by atoms with Crippen molar-refractivity contribution in [1.82, 2.24) is 0 Å². The van der Waals surface area contributed by atoms with E-state index in [0.717, 1.165) is 0 Å². The van der Waals surface area contributed by atoms with E-state index in [2.05, 4.69) is 22.6 Å². The Kier molecular flexibility index (Phi) is 4.03. The Morgan fingerprint density at radius 1 is 1.09 bits per heavy atom. The van der Waals surface area contributed by atoms with Gasteiger partial charge in [0, 0.05) is 11.1 Å². The van der Waals surface area contributed by atoms with Crippen molar-refractivity contribution < 1.29 is 28.7 Å². The maximum atomic E-state index is 11.6. The van der Waals surface area contributed by atoms with Gasteiger partial charge in [0.25, 0.3) is 0 Å². The number of esters is 4. The van der Waals surface area contributed by atoms with Crippen molar-refractivity contribution in [2.24, 2.45) is 0 Å². The van der Waals surface area contributed by atoms with Gasteiger partial charge in [-0.15, -0.1) is 0 Å². The highest BCUT2D eigenvalue weighted by Crippen LogP contribution is 2.25. The molecule has 0 N–H and O–H groups in total. The van der Waals surface area contributed by atoms with Crippen LogP contribution in [0.3, 0.4) is 0 Å². The van der Waals surface area contributed by atoms with Crippen LogP contribution in [0.25, 0.3) is 0 Å². The standard InChI is InChI=1S/C16H12O6/c1-4-8(2)10(5-11-7-13(17)21-15(11)19)6-12-9(3)14(18)22-16(12)20/h4-6H,1-2,7H2,3H3/b10-6-,11-5+. The number of carbonyl (C=O) groups excluding carboxylic acids is 4. The van der Waals surface area contributed by atoms with E-state index in [4.69, 9.17) is 0 Å². The first kappa shape index (κ1) is 15.4. The summed E-state index contributed by atoms with van der Waals surface area (Å²) < 4.78 is 8.92. The van der Waals surface area contributed by atoms with Crippen LogP contribution in [0.1, 0.15) is 13.3 Å². The fourth-order valence-electron chi connectivity index (χ4n) is 1.88. The Morgan fingerprint density at radius 2 is 1.77 bits per heavy atom. The third-order valence-electron chi connectivity index (χ3n) is 3.17. The molecule has 0 atom stereocenters. The number of allylic oxidation sites excluding steroid dienone is 4. The van der Waals surface area contributed by atoms with Crippen LogP contribution in [0.2, 0.25) is 0 Å². The summed E-state index contributed by atoms with van der Waals surface area (Å²) in [5.41, 5.74) is 1.13. The molecule has 0 aliphatic carbocycles. The van der Waals surface area contributed by atoms with Gasteiger partial charge >= 0.3 is 23.9 Å². The summed E-state index contributed by atoms with van der Waals surface area (Å²) in [6.07, 6.45) is 4.01. The quantitative estimate of drug-likeness (QED) is 0.338. The lowest BCUT2D eigenvalue weighted by molar-refractivity contribution is -0.152. The molecule has 6 nitrogen and oxygen atoms in total. The number of carbonyl (C=O) groups is 4. The van der Waals surface area contributed by atoms with Crippen LogP contribution in [0.15, 0.2) is 59.3 Å². The summed E-state index contributed by atoms with van der Waals surface area (Å²) in [7, 11) is 0. The zero-order valence-electron chi connectivity index (χ0n) is 11.8. The highest BCUT2D eigenvalue weighted by atomic mass is 16.6. The van der Waals surface area contributed by atoms with Crippen LogP contribution >= 0.6 is 0 Å². The molecule has 0 spiro atoms. The van der Waals surface area contributed by atoms with E-state index in [1.807, 2.05) is 0 Å². The van der Waals surface area contributed by atoms with E-state index >= 15 is 0 Å². The topological polar surface area (TPSA) is 86.7 Å². The van der Waals surface area contributed by atoms with E-state index in [1.165, 1.54) is 25.2 Å². The third kappa shape index (κ3) is 2.85. The molecule has 1 fully saturated rings. The number of cyclic esters (lactones) is 4. The van der Waals surface area contributed by atoms with Crippen molar-refractivity contribution in [3.05, 3.63) is 59.3 Å². The maximum absolute atomic E-state index is 11.6. The molecule has 0 aromatic rings. The highest BCUT2D eigenvalue weighted by molar-refractivity contribution is 6.14. The van der Waals surface area contributed by atoms with Crippen molar-refractivity contribution in [3.63, 3.8) is 0 Å². The van der Waals surface area contributed by atoms with Crippen LogP contribution in [0.5, 0.6) is 0 Å². The van der Waals surface area contributed by atoms with Gasteiger partial charge in [0.2, 0.25) is 0 Å². The Morgan fingerprint density at radius 3 is 2.23 bits per heavy atom. The lowest BCUT2D eigenvalue weighted by atomic mass is 9.99. The van der Waals surface area contributed by atoms with Gasteiger partial charge in [0.1, 0.15) is 0 Å². The minimum atomic E-state index is -0.777.